The maximum atomic E-state index is 13.0. The molecule has 0 aromatic heterocycles. The molecule has 3 rings (SSSR count). The zero-order chi connectivity index (χ0) is 20.6. The average molecular weight is 388 g/mol. The number of ether oxygens (including phenoxy) is 1. The first-order valence-corrected chi connectivity index (χ1v) is 9.47. The first-order chi connectivity index (χ1) is 14.0. The predicted molar refractivity (Wildman–Crippen MR) is 114 cm³/mol. The number of para-hydroxylation sites is 1. The van der Waals surface area contributed by atoms with Gasteiger partial charge in [-0.05, 0) is 48.7 Å². The minimum Gasteiger partial charge on any atom is -0.410 e. The molecule has 0 saturated heterocycles. The SMILES string of the molecule is Cc1ccc(C)c(NC(=O)[C@H](Cc2ccccc2)NC(=O)Oc2ccccc2)c1. The van der Waals surface area contributed by atoms with E-state index in [0.29, 0.717) is 12.2 Å². The molecule has 0 aliphatic carbocycles. The fourth-order valence-electron chi connectivity index (χ4n) is 2.92. The van der Waals surface area contributed by atoms with Gasteiger partial charge in [0.2, 0.25) is 5.91 Å². The highest BCUT2D eigenvalue weighted by Gasteiger charge is 2.23. The van der Waals surface area contributed by atoms with E-state index in [0.717, 1.165) is 22.4 Å². The minimum absolute atomic E-state index is 0.299. The second kappa shape index (κ2) is 9.55. The smallest absolute Gasteiger partial charge is 0.410 e. The molecule has 0 aliphatic heterocycles. The number of aryl methyl sites for hydroxylation is 2. The van der Waals surface area contributed by atoms with Crippen LogP contribution in [-0.2, 0) is 11.2 Å². The Labute approximate surface area is 170 Å². The number of hydrogen-bond donors (Lipinski definition) is 2. The number of carbonyl (C=O) groups excluding carboxylic acids is 2. The molecule has 0 saturated carbocycles. The number of hydrogen-bond acceptors (Lipinski definition) is 3. The van der Waals surface area contributed by atoms with E-state index in [-0.39, 0.29) is 5.91 Å². The first-order valence-electron chi connectivity index (χ1n) is 9.47. The monoisotopic (exact) mass is 388 g/mol. The third kappa shape index (κ3) is 5.94. The molecule has 0 spiro atoms. The molecular formula is C24H24N2O3. The van der Waals surface area contributed by atoms with E-state index in [1.165, 1.54) is 0 Å². The quantitative estimate of drug-likeness (QED) is 0.646. The molecule has 3 aromatic carbocycles. The summed E-state index contributed by atoms with van der Waals surface area (Å²) in [6.45, 7) is 3.89. The van der Waals surface area contributed by atoms with Gasteiger partial charge in [0.1, 0.15) is 11.8 Å². The topological polar surface area (TPSA) is 67.4 Å². The van der Waals surface area contributed by atoms with Crippen LogP contribution < -0.4 is 15.4 Å². The van der Waals surface area contributed by atoms with E-state index >= 15 is 0 Å². The Morgan fingerprint density at radius 1 is 0.897 bits per heavy atom. The Morgan fingerprint density at radius 3 is 2.24 bits per heavy atom. The second-order valence-corrected chi connectivity index (χ2v) is 6.90. The van der Waals surface area contributed by atoms with Gasteiger partial charge in [0.15, 0.2) is 0 Å². The van der Waals surface area contributed by atoms with Crippen molar-refractivity contribution in [1.29, 1.82) is 0 Å². The van der Waals surface area contributed by atoms with Crippen LogP contribution in [0.1, 0.15) is 16.7 Å². The van der Waals surface area contributed by atoms with E-state index in [4.69, 9.17) is 4.74 Å². The Kier molecular flexibility index (Phi) is 6.63. The molecule has 0 radical (unpaired) electrons. The van der Waals surface area contributed by atoms with Gasteiger partial charge in [-0.3, -0.25) is 4.79 Å². The van der Waals surface area contributed by atoms with Crippen LogP contribution in [0.15, 0.2) is 78.9 Å². The normalized spacial score (nSPS) is 11.4. The van der Waals surface area contributed by atoms with Gasteiger partial charge in [-0.2, -0.15) is 0 Å². The number of benzene rings is 3. The van der Waals surface area contributed by atoms with Gasteiger partial charge in [-0.1, -0.05) is 60.7 Å². The van der Waals surface area contributed by atoms with Crippen LogP contribution >= 0.6 is 0 Å². The van der Waals surface area contributed by atoms with E-state index < -0.39 is 12.1 Å². The van der Waals surface area contributed by atoms with E-state index in [2.05, 4.69) is 10.6 Å². The van der Waals surface area contributed by atoms with Gasteiger partial charge < -0.3 is 15.4 Å². The van der Waals surface area contributed by atoms with E-state index in [1.54, 1.807) is 24.3 Å². The van der Waals surface area contributed by atoms with Gasteiger partial charge in [-0.25, -0.2) is 4.79 Å². The molecule has 148 valence electrons. The van der Waals surface area contributed by atoms with Crippen molar-refractivity contribution >= 4 is 17.7 Å². The molecule has 0 fully saturated rings. The van der Waals surface area contributed by atoms with Crippen molar-refractivity contribution in [3.63, 3.8) is 0 Å². The Balaban J connectivity index is 1.75. The molecule has 5 nitrogen and oxygen atoms in total. The lowest BCUT2D eigenvalue weighted by atomic mass is 10.0. The predicted octanol–water partition coefficient (Wildman–Crippen LogP) is 4.64. The molecule has 0 bridgehead atoms. The van der Waals surface area contributed by atoms with Crippen LogP contribution in [-0.4, -0.2) is 18.0 Å². The summed E-state index contributed by atoms with van der Waals surface area (Å²) in [6.07, 6.45) is -0.324. The number of nitrogens with one attached hydrogen (secondary N) is 2. The van der Waals surface area contributed by atoms with Crippen molar-refractivity contribution in [2.45, 2.75) is 26.3 Å². The largest absolute Gasteiger partial charge is 0.413 e. The van der Waals surface area contributed by atoms with Gasteiger partial charge in [0, 0.05) is 12.1 Å². The van der Waals surface area contributed by atoms with E-state index in [1.807, 2.05) is 68.4 Å². The Bertz CT molecular complexity index is 972. The zero-order valence-corrected chi connectivity index (χ0v) is 16.5. The van der Waals surface area contributed by atoms with Crippen molar-refractivity contribution in [3.8, 4) is 5.75 Å². The van der Waals surface area contributed by atoms with Gasteiger partial charge in [0.05, 0.1) is 0 Å². The number of carbonyl (C=O) groups is 2. The lowest BCUT2D eigenvalue weighted by molar-refractivity contribution is -0.118. The van der Waals surface area contributed by atoms with Crippen LogP contribution in [0.2, 0.25) is 0 Å². The van der Waals surface area contributed by atoms with Crippen molar-refractivity contribution in [1.82, 2.24) is 5.32 Å². The number of amides is 2. The van der Waals surface area contributed by atoms with Crippen LogP contribution in [0.3, 0.4) is 0 Å². The summed E-state index contributed by atoms with van der Waals surface area (Å²) in [6, 6.07) is 23.4. The Morgan fingerprint density at radius 2 is 1.55 bits per heavy atom. The summed E-state index contributed by atoms with van der Waals surface area (Å²) in [5, 5.41) is 5.63. The number of rotatable bonds is 6. The third-order valence-corrected chi connectivity index (χ3v) is 4.50. The lowest BCUT2D eigenvalue weighted by Gasteiger charge is -2.19. The Hall–Kier alpha value is -3.60. The number of anilines is 1. The zero-order valence-electron chi connectivity index (χ0n) is 16.5. The third-order valence-electron chi connectivity index (χ3n) is 4.50. The molecule has 5 heteroatoms. The van der Waals surface area contributed by atoms with Crippen LogP contribution in [0.25, 0.3) is 0 Å². The summed E-state index contributed by atoms with van der Waals surface area (Å²) in [5.74, 6) is 0.117. The summed E-state index contributed by atoms with van der Waals surface area (Å²) < 4.78 is 5.30. The molecule has 1 atom stereocenters. The molecule has 0 unspecified atom stereocenters. The van der Waals surface area contributed by atoms with Crippen LogP contribution in [0, 0.1) is 13.8 Å². The fourth-order valence-corrected chi connectivity index (χ4v) is 2.92. The summed E-state index contributed by atoms with van der Waals surface area (Å²) in [4.78, 5) is 25.4. The molecule has 3 aromatic rings. The summed E-state index contributed by atoms with van der Waals surface area (Å²) in [5.41, 5.74) is 3.66. The highest BCUT2D eigenvalue weighted by atomic mass is 16.6. The fraction of sp³-hybridized carbons (Fsp3) is 0.167. The molecule has 2 amide bonds. The van der Waals surface area contributed by atoms with Crippen molar-refractivity contribution in [3.05, 3.63) is 95.6 Å². The van der Waals surface area contributed by atoms with E-state index in [9.17, 15) is 9.59 Å². The van der Waals surface area contributed by atoms with Crippen molar-refractivity contribution < 1.29 is 14.3 Å². The highest BCUT2D eigenvalue weighted by Crippen LogP contribution is 2.17. The molecule has 0 aliphatic rings. The maximum absolute atomic E-state index is 13.0. The van der Waals surface area contributed by atoms with Crippen LogP contribution in [0.5, 0.6) is 5.75 Å². The molecular weight excluding hydrogens is 364 g/mol. The molecule has 0 heterocycles. The second-order valence-electron chi connectivity index (χ2n) is 6.90. The first kappa shape index (κ1) is 20.1. The standard InChI is InChI=1S/C24H24N2O3/c1-17-13-14-18(2)21(15-17)25-23(27)22(16-19-9-5-3-6-10-19)26-24(28)29-20-11-7-4-8-12-20/h3-15,22H,16H2,1-2H3,(H,25,27)(H,26,28)/t22-/m0/s1. The van der Waals surface area contributed by atoms with Crippen LogP contribution in [0.4, 0.5) is 10.5 Å². The maximum Gasteiger partial charge on any atom is 0.413 e. The highest BCUT2D eigenvalue weighted by molar-refractivity contribution is 5.97. The summed E-state index contributed by atoms with van der Waals surface area (Å²) >= 11 is 0. The molecule has 29 heavy (non-hydrogen) atoms. The van der Waals surface area contributed by atoms with Gasteiger partial charge in [0.25, 0.3) is 0 Å². The summed E-state index contributed by atoms with van der Waals surface area (Å²) in [7, 11) is 0. The lowest BCUT2D eigenvalue weighted by Crippen LogP contribution is -2.46. The van der Waals surface area contributed by atoms with Gasteiger partial charge in [-0.15, -0.1) is 0 Å². The van der Waals surface area contributed by atoms with Crippen molar-refractivity contribution in [2.75, 3.05) is 5.32 Å². The average Bonchev–Trinajstić information content (AvgIpc) is 2.71. The molecule has 2 N–H and O–H groups in total. The minimum atomic E-state index is -0.784. The van der Waals surface area contributed by atoms with Crippen molar-refractivity contribution in [2.24, 2.45) is 0 Å². The van der Waals surface area contributed by atoms with Gasteiger partial charge >= 0.3 is 6.09 Å².